The molecule has 3 aromatic rings. The molecular formula is C30H25N3O7. The highest BCUT2D eigenvalue weighted by Gasteiger charge is 2.64. The van der Waals surface area contributed by atoms with Crippen molar-refractivity contribution in [2.45, 2.75) is 18.8 Å². The van der Waals surface area contributed by atoms with Gasteiger partial charge in [-0.1, -0.05) is 42.5 Å². The minimum Gasteiger partial charge on any atom is -0.452 e. The molecule has 10 heteroatoms. The van der Waals surface area contributed by atoms with Crippen LogP contribution in [0.1, 0.15) is 34.7 Å². The number of rotatable bonds is 7. The van der Waals surface area contributed by atoms with Crippen LogP contribution in [-0.2, 0) is 19.1 Å². The number of nitrogens with one attached hydrogen (secondary N) is 1. The molecule has 5 atom stereocenters. The second-order valence-corrected chi connectivity index (χ2v) is 10.5. The number of imide groups is 1. The maximum Gasteiger partial charge on any atom is 0.338 e. The number of non-ortho nitro benzene ring substituents is 1. The first-order valence-electron chi connectivity index (χ1n) is 13.1. The summed E-state index contributed by atoms with van der Waals surface area (Å²) in [5, 5.41) is 13.4. The molecule has 0 aromatic heterocycles. The van der Waals surface area contributed by atoms with Crippen LogP contribution in [0.5, 0.6) is 0 Å². The zero-order valence-electron chi connectivity index (χ0n) is 21.3. The first-order chi connectivity index (χ1) is 19.3. The topological polar surface area (TPSA) is 136 Å². The summed E-state index contributed by atoms with van der Waals surface area (Å²) in [6.07, 6.45) is 1.75. The number of fused-ring (bicyclic) bond motifs is 5. The molecule has 1 aliphatic heterocycles. The monoisotopic (exact) mass is 539 g/mol. The van der Waals surface area contributed by atoms with Gasteiger partial charge in [-0.2, -0.15) is 0 Å². The van der Waals surface area contributed by atoms with Crippen LogP contribution in [0.25, 0.3) is 0 Å². The van der Waals surface area contributed by atoms with Crippen LogP contribution >= 0.6 is 0 Å². The molecule has 3 aliphatic rings. The predicted molar refractivity (Wildman–Crippen MR) is 143 cm³/mol. The van der Waals surface area contributed by atoms with Gasteiger partial charge in [-0.3, -0.25) is 29.4 Å². The third kappa shape index (κ3) is 4.41. The summed E-state index contributed by atoms with van der Waals surface area (Å²) >= 11 is 0. The van der Waals surface area contributed by atoms with E-state index in [0.29, 0.717) is 5.69 Å². The Hall–Kier alpha value is -4.86. The highest BCUT2D eigenvalue weighted by atomic mass is 16.6. The molecule has 10 nitrogen and oxygen atoms in total. The Balaban J connectivity index is 1.13. The van der Waals surface area contributed by atoms with Gasteiger partial charge in [0.05, 0.1) is 28.0 Å². The van der Waals surface area contributed by atoms with Gasteiger partial charge >= 0.3 is 5.97 Å². The van der Waals surface area contributed by atoms with E-state index >= 15 is 0 Å². The van der Waals surface area contributed by atoms with Gasteiger partial charge in [0.2, 0.25) is 11.8 Å². The van der Waals surface area contributed by atoms with E-state index in [1.54, 1.807) is 12.1 Å². The minimum absolute atomic E-state index is 0.0865. The van der Waals surface area contributed by atoms with E-state index < -0.39 is 23.4 Å². The lowest BCUT2D eigenvalue weighted by Crippen LogP contribution is -2.33. The second kappa shape index (κ2) is 10.0. The Morgan fingerprint density at radius 3 is 2.45 bits per heavy atom. The Labute approximate surface area is 229 Å². The smallest absolute Gasteiger partial charge is 0.338 e. The molecule has 0 radical (unpaired) electrons. The number of amides is 3. The van der Waals surface area contributed by atoms with Crippen LogP contribution in [0.15, 0.2) is 78.9 Å². The fraction of sp³-hybridized carbons (Fsp3) is 0.267. The first kappa shape index (κ1) is 25.4. The zero-order chi connectivity index (χ0) is 28.0. The van der Waals surface area contributed by atoms with Crippen molar-refractivity contribution in [3.8, 4) is 0 Å². The zero-order valence-corrected chi connectivity index (χ0v) is 21.3. The number of anilines is 2. The van der Waals surface area contributed by atoms with Crippen LogP contribution in [-0.4, -0.2) is 35.2 Å². The number of nitro benzene ring substituents is 1. The van der Waals surface area contributed by atoms with E-state index in [1.807, 2.05) is 18.2 Å². The Kier molecular flexibility index (Phi) is 6.37. The van der Waals surface area contributed by atoms with Crippen molar-refractivity contribution in [2.24, 2.45) is 23.7 Å². The van der Waals surface area contributed by atoms with Gasteiger partial charge in [0, 0.05) is 17.8 Å². The van der Waals surface area contributed by atoms with Crippen molar-refractivity contribution in [3.05, 3.63) is 100 Å². The van der Waals surface area contributed by atoms with Crippen LogP contribution in [0.2, 0.25) is 0 Å². The lowest BCUT2D eigenvalue weighted by atomic mass is 9.73. The molecule has 2 aliphatic carbocycles. The molecule has 3 amide bonds. The van der Waals surface area contributed by atoms with E-state index in [0.717, 1.165) is 12.8 Å². The molecule has 2 bridgehead atoms. The first-order valence-corrected chi connectivity index (χ1v) is 13.1. The van der Waals surface area contributed by atoms with Crippen LogP contribution < -0.4 is 10.2 Å². The molecule has 0 unspecified atom stereocenters. The van der Waals surface area contributed by atoms with Gasteiger partial charge in [0.15, 0.2) is 6.61 Å². The third-order valence-corrected chi connectivity index (χ3v) is 8.26. The summed E-state index contributed by atoms with van der Waals surface area (Å²) in [5.74, 6) is -2.14. The standard InChI is InChI=1S/C30H25N3O7/c34-25(31-20-9-5-11-22(15-20)33(38)39)16-40-30(37)18-8-4-10-21(12-18)32-28(35)26-19-13-23(17-6-2-1-3-7-17)24(14-19)27(26)29(32)36/h1-12,15,19,23-24,26-27H,13-14,16H2,(H,31,34)/t19-,23+,24+,26+,27-/m0/s1. The minimum atomic E-state index is -0.806. The summed E-state index contributed by atoms with van der Waals surface area (Å²) < 4.78 is 5.12. The molecule has 0 spiro atoms. The van der Waals surface area contributed by atoms with E-state index in [1.165, 1.54) is 46.9 Å². The fourth-order valence-electron chi connectivity index (χ4n) is 6.68. The molecule has 1 saturated heterocycles. The summed E-state index contributed by atoms with van der Waals surface area (Å²) in [7, 11) is 0. The highest BCUT2D eigenvalue weighted by molar-refractivity contribution is 6.23. The van der Waals surface area contributed by atoms with Gasteiger partial charge < -0.3 is 10.1 Å². The predicted octanol–water partition coefficient (Wildman–Crippen LogP) is 4.32. The molecule has 202 valence electrons. The number of hydrogen-bond acceptors (Lipinski definition) is 7. The van der Waals surface area contributed by atoms with E-state index in [-0.39, 0.29) is 58.3 Å². The Morgan fingerprint density at radius 1 is 0.925 bits per heavy atom. The number of ether oxygens (including phenoxy) is 1. The van der Waals surface area contributed by atoms with Crippen LogP contribution in [0.4, 0.5) is 17.1 Å². The lowest BCUT2D eigenvalue weighted by Gasteiger charge is -2.28. The van der Waals surface area contributed by atoms with Crippen LogP contribution in [0.3, 0.4) is 0 Å². The molecule has 3 aromatic carbocycles. The van der Waals surface area contributed by atoms with E-state index in [2.05, 4.69) is 17.4 Å². The van der Waals surface area contributed by atoms with Crippen molar-refractivity contribution in [1.82, 2.24) is 0 Å². The quantitative estimate of drug-likeness (QED) is 0.204. The normalized spacial score (nSPS) is 24.6. The van der Waals surface area contributed by atoms with Gasteiger partial charge in [-0.15, -0.1) is 0 Å². The van der Waals surface area contributed by atoms with Crippen molar-refractivity contribution >= 4 is 40.8 Å². The number of carbonyl (C=O) groups is 4. The summed E-state index contributed by atoms with van der Waals surface area (Å²) in [6, 6.07) is 21.6. The van der Waals surface area contributed by atoms with Crippen molar-refractivity contribution in [1.29, 1.82) is 0 Å². The number of carbonyl (C=O) groups excluding carboxylic acids is 4. The maximum absolute atomic E-state index is 13.6. The number of esters is 1. The molecule has 2 saturated carbocycles. The molecular weight excluding hydrogens is 514 g/mol. The van der Waals surface area contributed by atoms with Gasteiger partial charge in [-0.05, 0) is 60.4 Å². The van der Waals surface area contributed by atoms with E-state index in [9.17, 15) is 29.3 Å². The van der Waals surface area contributed by atoms with E-state index in [4.69, 9.17) is 4.74 Å². The number of benzene rings is 3. The molecule has 3 fully saturated rings. The molecule has 1 N–H and O–H groups in total. The average Bonchev–Trinajstić information content (AvgIpc) is 3.63. The summed E-state index contributed by atoms with van der Waals surface area (Å²) in [5.41, 5.74) is 1.59. The number of nitrogens with zero attached hydrogens (tertiary/aromatic N) is 2. The third-order valence-electron chi connectivity index (χ3n) is 8.26. The van der Waals surface area contributed by atoms with Gasteiger partial charge in [-0.25, -0.2) is 4.79 Å². The number of nitro groups is 1. The summed E-state index contributed by atoms with van der Waals surface area (Å²) in [4.78, 5) is 63.5. The fourth-order valence-corrected chi connectivity index (χ4v) is 6.68. The Morgan fingerprint density at radius 2 is 1.68 bits per heavy atom. The van der Waals surface area contributed by atoms with Crippen molar-refractivity contribution < 1.29 is 28.8 Å². The highest BCUT2D eigenvalue weighted by Crippen LogP contribution is 2.61. The van der Waals surface area contributed by atoms with Crippen LogP contribution in [0, 0.1) is 33.8 Å². The molecule has 40 heavy (non-hydrogen) atoms. The Bertz CT molecular complexity index is 1540. The number of hydrogen-bond donors (Lipinski definition) is 1. The summed E-state index contributed by atoms with van der Waals surface area (Å²) in [6.45, 7) is -0.623. The maximum atomic E-state index is 13.6. The molecule has 6 rings (SSSR count). The largest absolute Gasteiger partial charge is 0.452 e. The SMILES string of the molecule is O=C(COC(=O)c1cccc(N2C(=O)[C@@H]3[C@@H]4C[C@@H]([C@@H]3C2=O)[C@@H](c2ccccc2)C4)c1)Nc1cccc([N+](=O)[O-])c1. The second-order valence-electron chi connectivity index (χ2n) is 10.5. The van der Waals surface area contributed by atoms with Crippen molar-refractivity contribution in [2.75, 3.05) is 16.8 Å². The van der Waals surface area contributed by atoms with Crippen molar-refractivity contribution in [3.63, 3.8) is 0 Å². The lowest BCUT2D eigenvalue weighted by molar-refractivity contribution is -0.384. The van der Waals surface area contributed by atoms with Gasteiger partial charge in [0.1, 0.15) is 0 Å². The molecule has 1 heterocycles. The average molecular weight is 540 g/mol. The van der Waals surface area contributed by atoms with Gasteiger partial charge in [0.25, 0.3) is 11.6 Å².